The third-order valence-corrected chi connectivity index (χ3v) is 12.6. The first-order valence-corrected chi connectivity index (χ1v) is 24.7. The minimum atomic E-state index is -5.39. The number of sulfone groups is 1. The van der Waals surface area contributed by atoms with Gasteiger partial charge in [0.1, 0.15) is 56.3 Å². The van der Waals surface area contributed by atoms with Crippen molar-refractivity contribution in [1.82, 2.24) is 0 Å². The molecule has 0 bridgehead atoms. The van der Waals surface area contributed by atoms with E-state index < -0.39 is 118 Å². The number of aromatic carboxylic acids is 1. The summed E-state index contributed by atoms with van der Waals surface area (Å²) in [6, 6.07) is 9.43. The quantitative estimate of drug-likeness (QED) is 0.00869. The molecule has 8 N–H and O–H groups in total. The zero-order chi connectivity index (χ0) is 47.0. The number of hydrogen-bond donors (Lipinski definition) is 7. The van der Waals surface area contributed by atoms with Gasteiger partial charge < -0.3 is 20.9 Å². The average molecular weight is 1000 g/mol. The summed E-state index contributed by atoms with van der Waals surface area (Å²) in [5.41, 5.74) is 2.28. The molecule has 0 aliphatic heterocycles. The van der Waals surface area contributed by atoms with Crippen molar-refractivity contribution < 1.29 is 92.9 Å². The molecule has 0 spiro atoms. The number of azo groups is 2. The number of aromatic nitrogens is 1. The van der Waals surface area contributed by atoms with Crippen LogP contribution in [0.2, 0.25) is 0 Å². The first-order chi connectivity index (χ1) is 29.2. The molecule has 4 aromatic rings. The largest absolute Gasteiger partial charge is 0.494 e. The van der Waals surface area contributed by atoms with Crippen molar-refractivity contribution in [1.29, 1.82) is 0 Å². The third kappa shape index (κ3) is 14.9. The van der Waals surface area contributed by atoms with Gasteiger partial charge in [0.2, 0.25) is 0 Å². The minimum Gasteiger partial charge on any atom is -0.494 e. The highest BCUT2D eigenvalue weighted by atomic mass is 32.3. The fraction of sp³-hybridized carbons (Fsp3) is 0.200. The number of benzene rings is 3. The molecule has 1 aromatic heterocycles. The van der Waals surface area contributed by atoms with Crippen molar-refractivity contribution >= 4 is 103 Å². The van der Waals surface area contributed by atoms with E-state index in [4.69, 9.17) is 29.4 Å². The van der Waals surface area contributed by atoms with Crippen LogP contribution in [0.3, 0.4) is 0 Å². The average Bonchev–Trinajstić information content (AvgIpc) is 3.17. The van der Waals surface area contributed by atoms with Crippen molar-refractivity contribution in [2.45, 2.75) is 26.1 Å². The molecule has 1 heterocycles. The number of ether oxygens (including phenoxy) is 1. The van der Waals surface area contributed by atoms with E-state index in [2.05, 4.69) is 24.6 Å². The predicted octanol–water partition coefficient (Wildman–Crippen LogP) is 3.09. The van der Waals surface area contributed by atoms with Gasteiger partial charge in [-0.05, 0) is 42.5 Å². The van der Waals surface area contributed by atoms with Crippen molar-refractivity contribution in [3.05, 3.63) is 72.6 Å². The fourth-order valence-electron chi connectivity index (χ4n) is 4.75. The lowest BCUT2D eigenvalue weighted by atomic mass is 10.2. The number of rotatable bonds is 22. The summed E-state index contributed by atoms with van der Waals surface area (Å²) in [6.07, 6.45) is 2.92. The van der Waals surface area contributed by atoms with Gasteiger partial charge >= 0.3 is 16.4 Å². The van der Waals surface area contributed by atoms with Crippen molar-refractivity contribution in [3.8, 4) is 5.75 Å². The van der Waals surface area contributed by atoms with Crippen LogP contribution in [0, 0.1) is 0 Å². The summed E-state index contributed by atoms with van der Waals surface area (Å²) in [5.74, 6) is -3.80. The minimum absolute atomic E-state index is 0.0207. The van der Waals surface area contributed by atoms with Crippen LogP contribution in [0.5, 0.6) is 5.75 Å². The van der Waals surface area contributed by atoms with E-state index in [1.807, 2.05) is 5.32 Å². The number of hydrogen-bond acceptors (Lipinski definition) is 22. The topological polar surface area (TPSA) is 417 Å². The number of carboxylic acid groups (broad SMARTS) is 1. The van der Waals surface area contributed by atoms with Crippen LogP contribution in [0.4, 0.5) is 34.1 Å². The number of nitrogens with one attached hydrogen (secondary N) is 1. The van der Waals surface area contributed by atoms with Gasteiger partial charge in [-0.3, -0.25) is 18.2 Å². The number of nitrogens with two attached hydrogens (primary N) is 1. The molecule has 0 radical (unpaired) electrons. The van der Waals surface area contributed by atoms with E-state index in [1.54, 1.807) is 6.20 Å². The van der Waals surface area contributed by atoms with Gasteiger partial charge in [0.15, 0.2) is 28.8 Å². The van der Waals surface area contributed by atoms with E-state index in [9.17, 15) is 60.5 Å². The maximum absolute atomic E-state index is 12.7. The Bertz CT molecular complexity index is 3020. The van der Waals surface area contributed by atoms with Crippen LogP contribution in [0.1, 0.15) is 10.4 Å². The zero-order valence-electron chi connectivity index (χ0n) is 31.5. The number of anilines is 2. The van der Waals surface area contributed by atoms with Crippen molar-refractivity contribution in [2.24, 2.45) is 20.5 Å². The molecule has 0 saturated carbocycles. The number of methoxy groups -OCH3 is 1. The third-order valence-electron chi connectivity index (χ3n) is 7.53. The molecule has 27 nitrogen and oxygen atoms in total. The molecule has 3 aromatic carbocycles. The van der Waals surface area contributed by atoms with Crippen LogP contribution < -0.4 is 20.4 Å². The van der Waals surface area contributed by atoms with Gasteiger partial charge in [-0.15, -0.1) is 20.5 Å². The fourth-order valence-corrected chi connectivity index (χ4v) is 8.47. The molecular weight excluding hydrogens is 971 g/mol. The van der Waals surface area contributed by atoms with Crippen LogP contribution >= 0.6 is 12.0 Å². The van der Waals surface area contributed by atoms with Gasteiger partial charge in [-0.2, -0.15) is 38.0 Å². The number of pyridine rings is 1. The molecular formula is C30H32N7O20S6+. The molecule has 4 rings (SSSR count). The van der Waals surface area contributed by atoms with Crippen molar-refractivity contribution in [2.75, 3.05) is 43.0 Å². The van der Waals surface area contributed by atoms with Crippen LogP contribution in [0.25, 0.3) is 0 Å². The molecule has 0 atom stereocenters. The monoisotopic (exact) mass is 1000 g/mol. The van der Waals surface area contributed by atoms with Crippen molar-refractivity contribution in [3.63, 3.8) is 0 Å². The molecule has 63 heavy (non-hydrogen) atoms. The number of carbonyl (C=O) groups is 1. The predicted molar refractivity (Wildman–Crippen MR) is 214 cm³/mol. The second-order valence-electron chi connectivity index (χ2n) is 11.9. The zero-order valence-corrected chi connectivity index (χ0v) is 36.4. The highest BCUT2D eigenvalue weighted by Crippen LogP contribution is 2.46. The van der Waals surface area contributed by atoms with E-state index in [0.29, 0.717) is 18.1 Å². The number of nitrogens with zero attached hydrogens (tertiary/aromatic N) is 5. The van der Waals surface area contributed by atoms with Crippen LogP contribution in [-0.4, -0.2) is 103 Å². The number of nitrogen functional groups attached to an aromatic ring is 1. The van der Waals surface area contributed by atoms with E-state index in [1.165, 1.54) is 29.0 Å². The van der Waals surface area contributed by atoms with Gasteiger partial charge in [0, 0.05) is 17.0 Å². The summed E-state index contributed by atoms with van der Waals surface area (Å²) in [4.78, 5) is 13.7. The summed E-state index contributed by atoms with van der Waals surface area (Å²) < 4.78 is 174. The Labute approximate surface area is 361 Å². The molecule has 33 heteroatoms. The van der Waals surface area contributed by atoms with Gasteiger partial charge in [-0.1, -0.05) is 0 Å². The Kier molecular flexibility index (Phi) is 16.4. The number of carboxylic acids is 1. The molecule has 0 fully saturated rings. The Morgan fingerprint density at radius 3 is 2.08 bits per heavy atom. The molecule has 0 aliphatic rings. The van der Waals surface area contributed by atoms with E-state index >= 15 is 0 Å². The van der Waals surface area contributed by atoms with E-state index in [-0.39, 0.29) is 35.0 Å². The second kappa shape index (κ2) is 20.5. The lowest BCUT2D eigenvalue weighted by Gasteiger charge is -2.15. The maximum Gasteiger partial charge on any atom is 0.397 e. The second-order valence-corrected chi connectivity index (χ2v) is 20.1. The SMILES string of the molecule is COc1cc(S(=O)(=O)CCOS(=O)(=O)O)ccc1N=Nc1c(N)c(N=Nc2ccc(SOOCC[n+]3cccc(C(=O)O)c3)cc2S(=O)(=O)O)cc(S(=O)(=O)O)c1NCS(=O)(=O)O. The summed E-state index contributed by atoms with van der Waals surface area (Å²) in [7, 11) is -23.6. The smallest absolute Gasteiger partial charge is 0.397 e. The normalized spacial score (nSPS) is 12.8. The lowest BCUT2D eigenvalue weighted by molar-refractivity contribution is -0.700. The Hall–Kier alpha value is -5.30. The molecule has 0 unspecified atom stereocenters. The molecule has 0 saturated heterocycles. The van der Waals surface area contributed by atoms with Crippen LogP contribution in [0.15, 0.2) is 107 Å². The highest BCUT2D eigenvalue weighted by Gasteiger charge is 2.27. The molecule has 0 aliphatic carbocycles. The first-order valence-electron chi connectivity index (χ1n) is 16.5. The van der Waals surface area contributed by atoms with Gasteiger partial charge in [-0.25, -0.2) is 26.9 Å². The standard InChI is InChI=1S/C30H31N7O20S6/c1-54-24-14-20(59(40,41)12-11-56-63(51,52)53)5-7-21(24)33-36-29-27(31)23(15-26(62(48,49)50)28(29)32-17-60(42,43)44)35-34-22-6-4-19(13-25(22)61(45,46)47)58-57-55-10-9-37-8-2-3-18(16-37)30(38)39/h2-8,13-16H,9-12,17H2,1H3,(H7-,31,32,33,34,38,39,42,43,44,45,46,47,48,49,50,51,52,53)/p+1. The Balaban J connectivity index is 1.71. The lowest BCUT2D eigenvalue weighted by Crippen LogP contribution is -2.36. The van der Waals surface area contributed by atoms with Gasteiger partial charge in [0.25, 0.3) is 30.4 Å². The maximum atomic E-state index is 12.7. The molecule has 342 valence electrons. The summed E-state index contributed by atoms with van der Waals surface area (Å²) in [5, 5.41) is 26.4. The molecule has 0 amide bonds. The Morgan fingerprint density at radius 2 is 1.46 bits per heavy atom. The summed E-state index contributed by atoms with van der Waals surface area (Å²) >= 11 is 0.495. The van der Waals surface area contributed by atoms with E-state index in [0.717, 1.165) is 37.4 Å². The van der Waals surface area contributed by atoms with Gasteiger partial charge in [0.05, 0.1) is 47.8 Å². The first kappa shape index (κ1) is 50.3. The Morgan fingerprint density at radius 1 is 0.810 bits per heavy atom. The van der Waals surface area contributed by atoms with Crippen LogP contribution in [-0.2, 0) is 70.5 Å². The highest BCUT2D eigenvalue weighted by molar-refractivity contribution is 7.94. The summed E-state index contributed by atoms with van der Waals surface area (Å²) in [6.45, 7) is -0.909.